The second-order valence-electron chi connectivity index (χ2n) is 6.03. The molecule has 2 saturated heterocycles. The highest BCUT2D eigenvalue weighted by Crippen LogP contribution is 2.39. The molecule has 17 heavy (non-hydrogen) atoms. The Kier molecular flexibility index (Phi) is 3.42. The van der Waals surface area contributed by atoms with Crippen molar-refractivity contribution < 1.29 is 9.47 Å². The van der Waals surface area contributed by atoms with Crippen molar-refractivity contribution in [2.24, 2.45) is 0 Å². The van der Waals surface area contributed by atoms with Crippen LogP contribution in [0.2, 0.25) is 0 Å². The number of rotatable bonds is 0. The fourth-order valence-corrected chi connectivity index (χ4v) is 3.64. The van der Waals surface area contributed by atoms with Gasteiger partial charge in [-0.3, -0.25) is 5.32 Å². The highest BCUT2D eigenvalue weighted by atomic mass is 16.6. The molecule has 1 aliphatic carbocycles. The Morgan fingerprint density at radius 3 is 2.29 bits per heavy atom. The van der Waals surface area contributed by atoms with Crippen LogP contribution in [-0.4, -0.2) is 31.1 Å². The lowest BCUT2D eigenvalue weighted by Crippen LogP contribution is -2.60. The van der Waals surface area contributed by atoms with E-state index in [0.717, 1.165) is 32.6 Å². The van der Waals surface area contributed by atoms with Crippen LogP contribution < -0.4 is 5.32 Å². The molecule has 0 amide bonds. The molecule has 3 nitrogen and oxygen atoms in total. The van der Waals surface area contributed by atoms with Crippen LogP contribution in [0.25, 0.3) is 0 Å². The summed E-state index contributed by atoms with van der Waals surface area (Å²) < 4.78 is 12.1. The zero-order valence-corrected chi connectivity index (χ0v) is 10.8. The average Bonchev–Trinajstić information content (AvgIpc) is 2.73. The van der Waals surface area contributed by atoms with Gasteiger partial charge in [-0.15, -0.1) is 0 Å². The fraction of sp³-hybridized carbons (Fsp3) is 1.00. The molecule has 0 aromatic carbocycles. The fourth-order valence-electron chi connectivity index (χ4n) is 3.64. The second-order valence-corrected chi connectivity index (χ2v) is 6.03. The molecule has 2 heterocycles. The Balaban J connectivity index is 1.71. The van der Waals surface area contributed by atoms with Gasteiger partial charge in [-0.2, -0.15) is 0 Å². The standard InChI is InChI=1S/C14H25NO2/c1-2-4-6-14(7-5-3-1)15-10-8-13(17-14)9-11-16-12-13/h15H,1-12H2. The number of hydrogen-bond acceptors (Lipinski definition) is 3. The first-order valence-electron chi connectivity index (χ1n) is 7.36. The van der Waals surface area contributed by atoms with Gasteiger partial charge in [-0.05, 0) is 32.1 Å². The summed E-state index contributed by atoms with van der Waals surface area (Å²) in [5.41, 5.74) is 0.0246. The molecule has 3 heteroatoms. The van der Waals surface area contributed by atoms with Gasteiger partial charge in [0.15, 0.2) is 0 Å². The molecule has 98 valence electrons. The molecule has 2 spiro atoms. The van der Waals surface area contributed by atoms with Crippen LogP contribution in [0.1, 0.15) is 57.8 Å². The molecular weight excluding hydrogens is 214 g/mol. The third kappa shape index (κ3) is 2.51. The number of nitrogens with one attached hydrogen (secondary N) is 1. The minimum Gasteiger partial charge on any atom is -0.378 e. The molecule has 0 radical (unpaired) electrons. The highest BCUT2D eigenvalue weighted by Gasteiger charge is 2.47. The molecule has 2 aliphatic heterocycles. The van der Waals surface area contributed by atoms with Crippen molar-refractivity contribution in [3.63, 3.8) is 0 Å². The molecule has 3 fully saturated rings. The Bertz CT molecular complexity index is 253. The van der Waals surface area contributed by atoms with Crippen LogP contribution in [0.3, 0.4) is 0 Å². The van der Waals surface area contributed by atoms with E-state index < -0.39 is 0 Å². The third-order valence-electron chi connectivity index (χ3n) is 4.67. The van der Waals surface area contributed by atoms with Gasteiger partial charge < -0.3 is 9.47 Å². The first-order valence-corrected chi connectivity index (χ1v) is 7.36. The van der Waals surface area contributed by atoms with Crippen molar-refractivity contribution in [3.05, 3.63) is 0 Å². The molecule has 1 N–H and O–H groups in total. The van der Waals surface area contributed by atoms with Gasteiger partial charge in [0, 0.05) is 19.6 Å². The molecule has 0 aromatic rings. The van der Waals surface area contributed by atoms with Crippen molar-refractivity contribution in [1.82, 2.24) is 5.32 Å². The molecule has 1 unspecified atom stereocenters. The van der Waals surface area contributed by atoms with Gasteiger partial charge in [-0.1, -0.05) is 19.3 Å². The van der Waals surface area contributed by atoms with Gasteiger partial charge in [0.1, 0.15) is 5.72 Å². The van der Waals surface area contributed by atoms with E-state index in [-0.39, 0.29) is 11.3 Å². The molecule has 3 rings (SSSR count). The summed E-state index contributed by atoms with van der Waals surface area (Å²) in [6.45, 7) is 2.80. The predicted octanol–water partition coefficient (Wildman–Crippen LogP) is 2.60. The lowest BCUT2D eigenvalue weighted by atomic mass is 9.88. The van der Waals surface area contributed by atoms with E-state index in [2.05, 4.69) is 5.32 Å². The summed E-state index contributed by atoms with van der Waals surface area (Å²) in [4.78, 5) is 0. The van der Waals surface area contributed by atoms with Crippen molar-refractivity contribution in [2.45, 2.75) is 69.1 Å². The summed E-state index contributed by atoms with van der Waals surface area (Å²) in [6.07, 6.45) is 11.4. The first kappa shape index (κ1) is 11.9. The van der Waals surface area contributed by atoms with Crippen LogP contribution >= 0.6 is 0 Å². The maximum absolute atomic E-state index is 6.56. The number of ether oxygens (including phenoxy) is 2. The van der Waals surface area contributed by atoms with E-state index >= 15 is 0 Å². The zero-order chi connectivity index (χ0) is 11.6. The predicted molar refractivity (Wildman–Crippen MR) is 66.9 cm³/mol. The van der Waals surface area contributed by atoms with E-state index in [9.17, 15) is 0 Å². The van der Waals surface area contributed by atoms with E-state index in [1.807, 2.05) is 0 Å². The van der Waals surface area contributed by atoms with Gasteiger partial charge in [0.05, 0.1) is 12.2 Å². The van der Waals surface area contributed by atoms with Crippen LogP contribution in [-0.2, 0) is 9.47 Å². The Morgan fingerprint density at radius 2 is 1.59 bits per heavy atom. The van der Waals surface area contributed by atoms with Crippen molar-refractivity contribution in [1.29, 1.82) is 0 Å². The Hall–Kier alpha value is -0.120. The van der Waals surface area contributed by atoms with E-state index in [4.69, 9.17) is 9.47 Å². The van der Waals surface area contributed by atoms with Crippen LogP contribution in [0.5, 0.6) is 0 Å². The maximum Gasteiger partial charge on any atom is 0.120 e. The molecule has 1 saturated carbocycles. The molecule has 3 aliphatic rings. The topological polar surface area (TPSA) is 30.5 Å². The van der Waals surface area contributed by atoms with Crippen molar-refractivity contribution >= 4 is 0 Å². The van der Waals surface area contributed by atoms with Gasteiger partial charge in [-0.25, -0.2) is 0 Å². The van der Waals surface area contributed by atoms with Crippen molar-refractivity contribution in [2.75, 3.05) is 19.8 Å². The molecule has 0 aromatic heterocycles. The second kappa shape index (κ2) is 4.87. The largest absolute Gasteiger partial charge is 0.378 e. The average molecular weight is 239 g/mol. The summed E-state index contributed by atoms with van der Waals surface area (Å²) >= 11 is 0. The zero-order valence-electron chi connectivity index (χ0n) is 10.8. The SMILES string of the molecule is C1CCCC2(CCC1)NCCC1(CCOC1)O2. The van der Waals surface area contributed by atoms with Gasteiger partial charge in [0.25, 0.3) is 0 Å². The molecular formula is C14H25NO2. The van der Waals surface area contributed by atoms with Crippen molar-refractivity contribution in [3.8, 4) is 0 Å². The first-order chi connectivity index (χ1) is 8.33. The smallest absolute Gasteiger partial charge is 0.120 e. The monoisotopic (exact) mass is 239 g/mol. The summed E-state index contributed by atoms with van der Waals surface area (Å²) in [7, 11) is 0. The lowest BCUT2D eigenvalue weighted by Gasteiger charge is -2.48. The third-order valence-corrected chi connectivity index (χ3v) is 4.67. The summed E-state index contributed by atoms with van der Waals surface area (Å²) in [5.74, 6) is 0. The number of hydrogen-bond donors (Lipinski definition) is 1. The minimum atomic E-state index is -0.0215. The normalized spacial score (nSPS) is 38.1. The van der Waals surface area contributed by atoms with Gasteiger partial charge >= 0.3 is 0 Å². The summed E-state index contributed by atoms with van der Waals surface area (Å²) in [6, 6.07) is 0. The highest BCUT2D eigenvalue weighted by molar-refractivity contribution is 4.95. The van der Waals surface area contributed by atoms with Gasteiger partial charge in [0.2, 0.25) is 0 Å². The minimum absolute atomic E-state index is 0.0215. The Morgan fingerprint density at radius 1 is 0.824 bits per heavy atom. The quantitative estimate of drug-likeness (QED) is 0.705. The van der Waals surface area contributed by atoms with Crippen LogP contribution in [0, 0.1) is 0 Å². The maximum atomic E-state index is 6.56. The van der Waals surface area contributed by atoms with Crippen LogP contribution in [0.4, 0.5) is 0 Å². The Labute approximate surface area is 104 Å². The van der Waals surface area contributed by atoms with Crippen LogP contribution in [0.15, 0.2) is 0 Å². The molecule has 0 bridgehead atoms. The lowest BCUT2D eigenvalue weighted by molar-refractivity contribution is -0.208. The summed E-state index contributed by atoms with van der Waals surface area (Å²) in [5, 5.41) is 3.68. The molecule has 1 atom stereocenters. The van der Waals surface area contributed by atoms with E-state index in [1.54, 1.807) is 0 Å². The van der Waals surface area contributed by atoms with E-state index in [1.165, 1.54) is 44.9 Å². The van der Waals surface area contributed by atoms with E-state index in [0.29, 0.717) is 0 Å².